The van der Waals surface area contributed by atoms with Gasteiger partial charge in [-0.3, -0.25) is 0 Å². The van der Waals surface area contributed by atoms with Crippen molar-refractivity contribution in [1.82, 2.24) is 0 Å². The van der Waals surface area contributed by atoms with E-state index in [0.29, 0.717) is 11.3 Å². The van der Waals surface area contributed by atoms with E-state index in [1.54, 1.807) is 0 Å². The van der Waals surface area contributed by atoms with Crippen molar-refractivity contribution in [2.45, 2.75) is 19.5 Å². The molecule has 1 aromatic carbocycles. The number of aliphatic hydroxyl groups is 1. The normalized spacial score (nSPS) is 14.4. The number of rotatable bonds is 2. The molecule has 2 rings (SSSR count). The molecule has 5 heteroatoms. The van der Waals surface area contributed by atoms with E-state index < -0.39 is 5.92 Å². The van der Waals surface area contributed by atoms with E-state index in [1.807, 2.05) is 0 Å². The van der Waals surface area contributed by atoms with E-state index in [2.05, 4.69) is 0 Å². The summed E-state index contributed by atoms with van der Waals surface area (Å²) < 4.78 is 36.2. The van der Waals surface area contributed by atoms with Crippen LogP contribution in [0.5, 0.6) is 11.5 Å². The van der Waals surface area contributed by atoms with Crippen LogP contribution >= 0.6 is 0 Å². The molecule has 0 saturated carbocycles. The van der Waals surface area contributed by atoms with E-state index >= 15 is 0 Å². The number of benzene rings is 1. The molecule has 1 N–H and O–H groups in total. The minimum Gasteiger partial charge on any atom is -0.454 e. The highest BCUT2D eigenvalue weighted by Gasteiger charge is 2.29. The van der Waals surface area contributed by atoms with Gasteiger partial charge in [-0.25, -0.2) is 8.78 Å². The molecule has 0 aromatic heterocycles. The van der Waals surface area contributed by atoms with Crippen LogP contribution in [0.4, 0.5) is 8.78 Å². The molecular weight excluding hydrogens is 206 g/mol. The van der Waals surface area contributed by atoms with Crippen LogP contribution < -0.4 is 9.47 Å². The lowest BCUT2D eigenvalue weighted by Gasteiger charge is -2.13. The van der Waals surface area contributed by atoms with Crippen molar-refractivity contribution >= 4 is 0 Å². The third-order valence-corrected chi connectivity index (χ3v) is 2.23. The smallest absolute Gasteiger partial charge is 0.270 e. The predicted molar refractivity (Wildman–Crippen MR) is 48.1 cm³/mol. The van der Waals surface area contributed by atoms with Gasteiger partial charge < -0.3 is 14.6 Å². The van der Waals surface area contributed by atoms with Crippen LogP contribution in [0.3, 0.4) is 0 Å². The first-order chi connectivity index (χ1) is 7.02. The summed E-state index contributed by atoms with van der Waals surface area (Å²) in [6, 6.07) is 2.47. The zero-order chi connectivity index (χ0) is 11.1. The second kappa shape index (κ2) is 3.34. The SMILES string of the molecule is CC(F)(F)c1cc(CO)c2c(c1)OCO2. The molecule has 82 valence electrons. The topological polar surface area (TPSA) is 38.7 Å². The number of alkyl halides is 2. The maximum Gasteiger partial charge on any atom is 0.270 e. The Hall–Kier alpha value is -1.36. The fraction of sp³-hybridized carbons (Fsp3) is 0.400. The van der Waals surface area contributed by atoms with Crippen molar-refractivity contribution in [2.24, 2.45) is 0 Å². The van der Waals surface area contributed by atoms with Gasteiger partial charge in [0.05, 0.1) is 6.61 Å². The van der Waals surface area contributed by atoms with Crippen LogP contribution in [0.15, 0.2) is 12.1 Å². The Labute approximate surface area is 85.2 Å². The first-order valence-corrected chi connectivity index (χ1v) is 4.44. The maximum absolute atomic E-state index is 13.1. The van der Waals surface area contributed by atoms with Crippen LogP contribution in [0.1, 0.15) is 18.1 Å². The third kappa shape index (κ3) is 1.74. The van der Waals surface area contributed by atoms with Gasteiger partial charge in [-0.05, 0) is 12.1 Å². The van der Waals surface area contributed by atoms with Gasteiger partial charge in [-0.2, -0.15) is 0 Å². The molecule has 1 aromatic rings. The van der Waals surface area contributed by atoms with Gasteiger partial charge in [0.15, 0.2) is 11.5 Å². The average molecular weight is 216 g/mol. The Bertz CT molecular complexity index is 385. The zero-order valence-electron chi connectivity index (χ0n) is 8.09. The van der Waals surface area contributed by atoms with Crippen LogP contribution in [0, 0.1) is 0 Å². The molecule has 1 aliphatic rings. The summed E-state index contributed by atoms with van der Waals surface area (Å²) in [4.78, 5) is 0. The zero-order valence-corrected chi connectivity index (χ0v) is 8.09. The summed E-state index contributed by atoms with van der Waals surface area (Å²) >= 11 is 0. The third-order valence-electron chi connectivity index (χ3n) is 2.23. The Balaban J connectivity index is 2.53. The van der Waals surface area contributed by atoms with Crippen LogP contribution in [0.25, 0.3) is 0 Å². The number of hydrogen-bond acceptors (Lipinski definition) is 3. The monoisotopic (exact) mass is 216 g/mol. The first kappa shape index (κ1) is 10.2. The molecule has 3 nitrogen and oxygen atoms in total. The Morgan fingerprint density at radius 3 is 2.73 bits per heavy atom. The molecular formula is C10H10F2O3. The van der Waals surface area contributed by atoms with Crippen molar-refractivity contribution in [3.8, 4) is 11.5 Å². The molecule has 0 radical (unpaired) electrons. The van der Waals surface area contributed by atoms with Gasteiger partial charge in [0.2, 0.25) is 6.79 Å². The van der Waals surface area contributed by atoms with Gasteiger partial charge >= 0.3 is 0 Å². The summed E-state index contributed by atoms with van der Waals surface area (Å²) in [5.41, 5.74) is 0.136. The van der Waals surface area contributed by atoms with Gasteiger partial charge in [0, 0.05) is 18.1 Å². The molecule has 0 amide bonds. The molecule has 15 heavy (non-hydrogen) atoms. The summed E-state index contributed by atoms with van der Waals surface area (Å²) in [7, 11) is 0. The largest absolute Gasteiger partial charge is 0.454 e. The maximum atomic E-state index is 13.1. The summed E-state index contributed by atoms with van der Waals surface area (Å²) in [5.74, 6) is -2.34. The van der Waals surface area contributed by atoms with E-state index in [-0.39, 0.29) is 24.7 Å². The van der Waals surface area contributed by atoms with E-state index in [9.17, 15) is 8.78 Å². The minimum absolute atomic E-state index is 0.00106. The summed E-state index contributed by atoms with van der Waals surface area (Å²) in [6.07, 6.45) is 0. The second-order valence-corrected chi connectivity index (χ2v) is 3.42. The standard InChI is InChI=1S/C10H10F2O3/c1-10(11,12)7-2-6(4-13)9-8(3-7)14-5-15-9/h2-3,13H,4-5H2,1H3. The number of ether oxygens (including phenoxy) is 2. The van der Waals surface area contributed by atoms with Gasteiger partial charge in [0.25, 0.3) is 5.92 Å². The highest BCUT2D eigenvalue weighted by atomic mass is 19.3. The van der Waals surface area contributed by atoms with Crippen LogP contribution in [0.2, 0.25) is 0 Å². The fourth-order valence-electron chi connectivity index (χ4n) is 1.45. The van der Waals surface area contributed by atoms with Crippen molar-refractivity contribution in [3.05, 3.63) is 23.3 Å². The highest BCUT2D eigenvalue weighted by Crippen LogP contribution is 2.40. The Morgan fingerprint density at radius 2 is 2.13 bits per heavy atom. The molecule has 1 heterocycles. The van der Waals surface area contributed by atoms with Gasteiger partial charge in [-0.15, -0.1) is 0 Å². The molecule has 0 fully saturated rings. The van der Waals surface area contributed by atoms with E-state index in [0.717, 1.165) is 6.92 Å². The number of halogens is 2. The predicted octanol–water partition coefficient (Wildman–Crippen LogP) is 2.02. The lowest BCUT2D eigenvalue weighted by Crippen LogP contribution is -2.07. The van der Waals surface area contributed by atoms with E-state index in [4.69, 9.17) is 14.6 Å². The fourth-order valence-corrected chi connectivity index (χ4v) is 1.45. The molecule has 0 saturated heterocycles. The number of aliphatic hydroxyl groups excluding tert-OH is 1. The van der Waals surface area contributed by atoms with E-state index in [1.165, 1.54) is 12.1 Å². The molecule has 0 atom stereocenters. The molecule has 0 bridgehead atoms. The van der Waals surface area contributed by atoms with Gasteiger partial charge in [0.1, 0.15) is 0 Å². The summed E-state index contributed by atoms with van der Waals surface area (Å²) in [5, 5.41) is 9.01. The van der Waals surface area contributed by atoms with Crippen LogP contribution in [-0.4, -0.2) is 11.9 Å². The lowest BCUT2D eigenvalue weighted by atomic mass is 10.0. The Kier molecular flexibility index (Phi) is 2.26. The summed E-state index contributed by atoms with van der Waals surface area (Å²) in [6.45, 7) is 0.447. The van der Waals surface area contributed by atoms with Crippen molar-refractivity contribution < 1.29 is 23.4 Å². The minimum atomic E-state index is -2.95. The number of hydrogen-bond donors (Lipinski definition) is 1. The van der Waals surface area contributed by atoms with Gasteiger partial charge in [-0.1, -0.05) is 0 Å². The molecule has 0 spiro atoms. The molecule has 0 unspecified atom stereocenters. The molecule has 0 aliphatic carbocycles. The van der Waals surface area contributed by atoms with Crippen LogP contribution in [-0.2, 0) is 12.5 Å². The Morgan fingerprint density at radius 1 is 1.40 bits per heavy atom. The van der Waals surface area contributed by atoms with Crippen molar-refractivity contribution in [2.75, 3.05) is 6.79 Å². The highest BCUT2D eigenvalue weighted by molar-refractivity contribution is 5.51. The second-order valence-electron chi connectivity index (χ2n) is 3.42. The average Bonchev–Trinajstić information content (AvgIpc) is 2.62. The number of fused-ring (bicyclic) bond motifs is 1. The van der Waals surface area contributed by atoms with Crippen molar-refractivity contribution in [1.29, 1.82) is 0 Å². The molecule has 1 aliphatic heterocycles. The van der Waals surface area contributed by atoms with Crippen molar-refractivity contribution in [3.63, 3.8) is 0 Å². The lowest BCUT2D eigenvalue weighted by molar-refractivity contribution is 0.0171. The quantitative estimate of drug-likeness (QED) is 0.821. The first-order valence-electron chi connectivity index (χ1n) is 4.44.